The smallest absolute Gasteiger partial charge is 0.222 e. The Morgan fingerprint density at radius 2 is 2.00 bits per heavy atom. The normalized spacial score (nSPS) is 10.3. The monoisotopic (exact) mass is 266 g/mol. The van der Waals surface area contributed by atoms with Gasteiger partial charge in [-0.05, 0) is 42.8 Å². The lowest BCUT2D eigenvalue weighted by Crippen LogP contribution is -1.94. The molecule has 3 nitrogen and oxygen atoms in total. The van der Waals surface area contributed by atoms with Crippen molar-refractivity contribution in [2.75, 3.05) is 0 Å². The van der Waals surface area contributed by atoms with Crippen LogP contribution in [0.5, 0.6) is 0 Å². The molecule has 86 valence electrons. The first kappa shape index (κ1) is 12.0. The van der Waals surface area contributed by atoms with Crippen molar-refractivity contribution in [3.63, 3.8) is 0 Å². The Morgan fingerprint density at radius 1 is 1.24 bits per heavy atom. The van der Waals surface area contributed by atoms with Crippen LogP contribution in [0.4, 0.5) is 0 Å². The van der Waals surface area contributed by atoms with Gasteiger partial charge in [-0.25, -0.2) is 9.97 Å². The van der Waals surface area contributed by atoms with E-state index in [9.17, 15) is 4.79 Å². The van der Waals surface area contributed by atoms with E-state index in [2.05, 4.69) is 9.97 Å². The largest absolute Gasteiger partial charge is 0.295 e. The van der Waals surface area contributed by atoms with Gasteiger partial charge in [0.05, 0.1) is 10.7 Å². The number of Topliss-reactive ketones (excluding diaryl/α,β-unsaturated/α-hetero) is 1. The van der Waals surface area contributed by atoms with Gasteiger partial charge in [0.1, 0.15) is 0 Å². The molecule has 0 aliphatic carbocycles. The predicted octanol–water partition coefficient (Wildman–Crippen LogP) is 3.65. The highest BCUT2D eigenvalue weighted by molar-refractivity contribution is 6.33. The van der Waals surface area contributed by atoms with E-state index in [1.54, 1.807) is 30.5 Å². The van der Waals surface area contributed by atoms with Crippen LogP contribution in [0.2, 0.25) is 10.3 Å². The summed E-state index contributed by atoms with van der Waals surface area (Å²) in [7, 11) is 0. The number of benzene rings is 1. The second-order valence-corrected chi connectivity index (χ2v) is 4.21. The van der Waals surface area contributed by atoms with Gasteiger partial charge in [0.25, 0.3) is 0 Å². The minimum absolute atomic E-state index is 0.0249. The Balaban J connectivity index is 2.58. The van der Waals surface area contributed by atoms with Crippen LogP contribution in [-0.2, 0) is 0 Å². The average Bonchev–Trinajstić information content (AvgIpc) is 2.29. The fourth-order valence-electron chi connectivity index (χ4n) is 1.43. The molecule has 2 aromatic rings. The highest BCUT2D eigenvalue weighted by Crippen LogP contribution is 2.27. The number of rotatable bonds is 2. The number of carbonyl (C=O) groups is 1. The molecular weight excluding hydrogens is 259 g/mol. The van der Waals surface area contributed by atoms with Crippen LogP contribution in [0.1, 0.15) is 17.3 Å². The molecule has 0 unspecified atom stereocenters. The van der Waals surface area contributed by atoms with Crippen molar-refractivity contribution in [2.24, 2.45) is 0 Å². The molecule has 2 rings (SSSR count). The topological polar surface area (TPSA) is 42.9 Å². The summed E-state index contributed by atoms with van der Waals surface area (Å²) in [6.07, 6.45) is 1.54. The molecule has 0 aliphatic rings. The van der Waals surface area contributed by atoms with E-state index < -0.39 is 0 Å². The summed E-state index contributed by atoms with van der Waals surface area (Å²) in [4.78, 5) is 19.2. The average molecular weight is 267 g/mol. The lowest BCUT2D eigenvalue weighted by molar-refractivity contribution is 0.101. The first-order valence-electron chi connectivity index (χ1n) is 4.87. The summed E-state index contributed by atoms with van der Waals surface area (Å²) in [5, 5.41) is 0.663. The maximum Gasteiger partial charge on any atom is 0.222 e. The summed E-state index contributed by atoms with van der Waals surface area (Å²) in [6.45, 7) is 1.50. The maximum atomic E-state index is 11.3. The van der Waals surface area contributed by atoms with Crippen LogP contribution in [0, 0.1) is 0 Å². The zero-order chi connectivity index (χ0) is 12.4. The fourth-order valence-corrected chi connectivity index (χ4v) is 1.79. The van der Waals surface area contributed by atoms with Crippen molar-refractivity contribution in [3.05, 3.63) is 46.3 Å². The zero-order valence-corrected chi connectivity index (χ0v) is 10.5. The molecule has 0 saturated heterocycles. The van der Waals surface area contributed by atoms with Crippen molar-refractivity contribution < 1.29 is 4.79 Å². The van der Waals surface area contributed by atoms with Gasteiger partial charge in [-0.2, -0.15) is 0 Å². The van der Waals surface area contributed by atoms with Gasteiger partial charge in [0.15, 0.2) is 5.78 Å². The molecule has 0 spiro atoms. The van der Waals surface area contributed by atoms with Crippen LogP contribution in [0.3, 0.4) is 0 Å². The Hall–Kier alpha value is -1.45. The van der Waals surface area contributed by atoms with Crippen molar-refractivity contribution in [3.8, 4) is 11.3 Å². The first-order chi connectivity index (χ1) is 8.08. The molecule has 0 aliphatic heterocycles. The van der Waals surface area contributed by atoms with Gasteiger partial charge in [-0.15, -0.1) is 0 Å². The Bertz CT molecular complexity index is 584. The lowest BCUT2D eigenvalue weighted by atomic mass is 10.1. The third-order valence-corrected chi connectivity index (χ3v) is 2.79. The van der Waals surface area contributed by atoms with Crippen molar-refractivity contribution in [1.82, 2.24) is 9.97 Å². The molecule has 0 fully saturated rings. The molecule has 0 radical (unpaired) electrons. The minimum Gasteiger partial charge on any atom is -0.295 e. The van der Waals surface area contributed by atoms with Gasteiger partial charge >= 0.3 is 0 Å². The number of hydrogen-bond donors (Lipinski definition) is 0. The summed E-state index contributed by atoms with van der Waals surface area (Å²) in [5.41, 5.74) is 1.85. The molecule has 17 heavy (non-hydrogen) atoms. The summed E-state index contributed by atoms with van der Waals surface area (Å²) in [6, 6.07) is 6.74. The van der Waals surface area contributed by atoms with E-state index in [4.69, 9.17) is 23.2 Å². The Morgan fingerprint density at radius 3 is 2.65 bits per heavy atom. The minimum atomic E-state index is -0.0249. The number of hydrogen-bond acceptors (Lipinski definition) is 3. The van der Waals surface area contributed by atoms with Crippen molar-refractivity contribution >= 4 is 29.0 Å². The number of carbonyl (C=O) groups excluding carboxylic acids is 1. The molecule has 5 heteroatoms. The quantitative estimate of drug-likeness (QED) is 0.616. The first-order valence-corrected chi connectivity index (χ1v) is 5.63. The van der Waals surface area contributed by atoms with Crippen molar-refractivity contribution in [2.45, 2.75) is 6.92 Å². The molecule has 1 heterocycles. The van der Waals surface area contributed by atoms with Gasteiger partial charge in [0.2, 0.25) is 5.28 Å². The third-order valence-electron chi connectivity index (χ3n) is 2.28. The van der Waals surface area contributed by atoms with E-state index in [1.807, 2.05) is 0 Å². The van der Waals surface area contributed by atoms with Crippen LogP contribution in [-0.4, -0.2) is 15.8 Å². The molecular formula is C12H8Cl2N2O. The molecule has 0 amide bonds. The molecule has 0 atom stereocenters. The van der Waals surface area contributed by atoms with Gasteiger partial charge in [-0.1, -0.05) is 11.6 Å². The van der Waals surface area contributed by atoms with E-state index in [-0.39, 0.29) is 11.1 Å². The molecule has 0 saturated carbocycles. The van der Waals surface area contributed by atoms with Gasteiger partial charge in [0, 0.05) is 17.3 Å². The summed E-state index contributed by atoms with van der Waals surface area (Å²) >= 11 is 11.8. The Labute approximate surface area is 108 Å². The van der Waals surface area contributed by atoms with Crippen LogP contribution < -0.4 is 0 Å². The van der Waals surface area contributed by atoms with E-state index in [1.165, 1.54) is 6.92 Å². The summed E-state index contributed by atoms with van der Waals surface area (Å²) < 4.78 is 0. The van der Waals surface area contributed by atoms with Gasteiger partial charge < -0.3 is 0 Å². The van der Waals surface area contributed by atoms with Crippen LogP contribution >= 0.6 is 23.2 Å². The SMILES string of the molecule is CC(=O)c1ccc(Cl)c(-c2ccnc(Cl)n2)c1. The number of halogens is 2. The number of aromatic nitrogens is 2. The van der Waals surface area contributed by atoms with E-state index in [0.29, 0.717) is 21.8 Å². The third kappa shape index (κ3) is 2.62. The van der Waals surface area contributed by atoms with Crippen molar-refractivity contribution in [1.29, 1.82) is 0 Å². The maximum absolute atomic E-state index is 11.3. The lowest BCUT2D eigenvalue weighted by Gasteiger charge is -2.05. The van der Waals surface area contributed by atoms with Gasteiger partial charge in [-0.3, -0.25) is 4.79 Å². The fraction of sp³-hybridized carbons (Fsp3) is 0.0833. The predicted molar refractivity (Wildman–Crippen MR) is 67.5 cm³/mol. The number of nitrogens with zero attached hydrogens (tertiary/aromatic N) is 2. The molecule has 1 aromatic carbocycles. The molecule has 0 bridgehead atoms. The summed E-state index contributed by atoms with van der Waals surface area (Å²) in [5.74, 6) is -0.0249. The van der Waals surface area contributed by atoms with E-state index in [0.717, 1.165) is 0 Å². The zero-order valence-electron chi connectivity index (χ0n) is 8.95. The second-order valence-electron chi connectivity index (χ2n) is 3.46. The Kier molecular flexibility index (Phi) is 3.41. The van der Waals surface area contributed by atoms with Crippen LogP contribution in [0.25, 0.3) is 11.3 Å². The van der Waals surface area contributed by atoms with E-state index >= 15 is 0 Å². The highest BCUT2D eigenvalue weighted by atomic mass is 35.5. The van der Waals surface area contributed by atoms with Crippen LogP contribution in [0.15, 0.2) is 30.5 Å². The molecule has 1 aromatic heterocycles. The standard InChI is InChI=1S/C12H8Cl2N2O/c1-7(17)8-2-3-10(13)9(6-8)11-4-5-15-12(14)16-11/h2-6H,1H3. The highest BCUT2D eigenvalue weighted by Gasteiger charge is 2.09. The second kappa shape index (κ2) is 4.82. The number of ketones is 1. The molecule has 0 N–H and O–H groups in total.